The maximum atomic E-state index is 13.7. The lowest BCUT2D eigenvalue weighted by Crippen LogP contribution is -2.46. The zero-order chi connectivity index (χ0) is 28.2. The van der Waals surface area contributed by atoms with Crippen molar-refractivity contribution in [1.82, 2.24) is 10.6 Å². The first kappa shape index (κ1) is 27.5. The van der Waals surface area contributed by atoms with Gasteiger partial charge in [0.05, 0.1) is 16.5 Å². The molecular weight excluding hydrogens is 540 g/mol. The summed E-state index contributed by atoms with van der Waals surface area (Å²) in [5.41, 5.74) is -3.85. The number of alkyl halides is 8. The molecule has 5 rings (SSSR count). The summed E-state index contributed by atoms with van der Waals surface area (Å²) in [6.07, 6.45) is -11.1. The minimum absolute atomic E-state index is 0.0303. The van der Waals surface area contributed by atoms with Crippen molar-refractivity contribution in [2.75, 3.05) is 13.1 Å². The third-order valence-electron chi connectivity index (χ3n) is 7.50. The molecule has 2 unspecified atom stereocenters. The van der Waals surface area contributed by atoms with Crippen LogP contribution in [0.4, 0.5) is 35.1 Å². The predicted molar refractivity (Wildman–Crippen MR) is 121 cm³/mol. The minimum Gasteiger partial charge on any atom is -0.395 e. The highest BCUT2D eigenvalue weighted by molar-refractivity contribution is 5.84. The fraction of sp³-hybridized carbons (Fsp3) is 0.500. The summed E-state index contributed by atoms with van der Waals surface area (Å²) in [6, 6.07) is 5.50. The average molecular weight is 564 g/mol. The Balaban J connectivity index is 1.43. The first-order chi connectivity index (χ1) is 18.2. The molecule has 212 valence electrons. The van der Waals surface area contributed by atoms with Gasteiger partial charge in [-0.15, -0.1) is 8.78 Å². The Kier molecular flexibility index (Phi) is 6.71. The van der Waals surface area contributed by atoms with Gasteiger partial charge in [0.25, 0.3) is 0 Å². The van der Waals surface area contributed by atoms with Crippen LogP contribution in [0.15, 0.2) is 36.4 Å². The highest BCUT2D eigenvalue weighted by Crippen LogP contribution is 2.52. The van der Waals surface area contributed by atoms with E-state index in [9.17, 15) is 39.9 Å². The molecule has 2 aromatic rings. The topological polar surface area (TPSA) is 59.6 Å². The van der Waals surface area contributed by atoms with Crippen LogP contribution in [0.2, 0.25) is 0 Å². The lowest BCUT2D eigenvalue weighted by molar-refractivity contribution is -0.286. The lowest BCUT2D eigenvalue weighted by atomic mass is 9.68. The fourth-order valence-corrected chi connectivity index (χ4v) is 5.39. The highest BCUT2D eigenvalue weighted by atomic mass is 19.4. The molecule has 2 aliphatic heterocycles. The van der Waals surface area contributed by atoms with Gasteiger partial charge in [0.1, 0.15) is 0 Å². The summed E-state index contributed by atoms with van der Waals surface area (Å²) >= 11 is 0. The van der Waals surface area contributed by atoms with Gasteiger partial charge < -0.3 is 20.1 Å². The molecule has 2 N–H and O–H groups in total. The smallest absolute Gasteiger partial charge is 0.395 e. The molecule has 1 saturated heterocycles. The second kappa shape index (κ2) is 9.53. The molecule has 2 atom stereocenters. The largest absolute Gasteiger partial charge is 0.586 e. The van der Waals surface area contributed by atoms with Crippen molar-refractivity contribution < 1.29 is 49.4 Å². The number of hydrogen-bond donors (Lipinski definition) is 2. The van der Waals surface area contributed by atoms with Crippen LogP contribution in [0.1, 0.15) is 53.9 Å². The van der Waals surface area contributed by atoms with Crippen LogP contribution in [-0.2, 0) is 23.7 Å². The zero-order valence-corrected chi connectivity index (χ0v) is 20.3. The molecule has 39 heavy (non-hydrogen) atoms. The second-order valence-corrected chi connectivity index (χ2v) is 10.3. The van der Waals surface area contributed by atoms with Gasteiger partial charge in [-0.1, -0.05) is 18.9 Å². The van der Waals surface area contributed by atoms with Gasteiger partial charge in [0, 0.05) is 13.1 Å². The van der Waals surface area contributed by atoms with E-state index in [1.807, 2.05) is 0 Å². The van der Waals surface area contributed by atoms with E-state index >= 15 is 0 Å². The van der Waals surface area contributed by atoms with Crippen molar-refractivity contribution >= 4 is 5.91 Å². The Morgan fingerprint density at radius 3 is 2.18 bits per heavy atom. The molecule has 0 bridgehead atoms. The Labute approximate surface area is 217 Å². The summed E-state index contributed by atoms with van der Waals surface area (Å²) in [4.78, 5) is 13.7. The van der Waals surface area contributed by atoms with E-state index in [4.69, 9.17) is 0 Å². The summed E-state index contributed by atoms with van der Waals surface area (Å²) in [6.45, 7) is 0.0767. The SMILES string of the molecule is O=C(NCc1cc(C(F)(F)F)cc(C(F)(F)F)c1)C1(C(CC2CC2)c2ccc3c(c2)OC(F)(F)O3)CCNC1. The number of rotatable bonds is 7. The number of fused-ring (bicyclic) bond motifs is 1. The number of halogens is 8. The third-order valence-corrected chi connectivity index (χ3v) is 7.50. The van der Waals surface area contributed by atoms with Crippen molar-refractivity contribution in [1.29, 1.82) is 0 Å². The van der Waals surface area contributed by atoms with Crippen molar-refractivity contribution in [2.24, 2.45) is 11.3 Å². The maximum absolute atomic E-state index is 13.7. The molecule has 3 aliphatic rings. The molecule has 5 nitrogen and oxygen atoms in total. The van der Waals surface area contributed by atoms with Crippen LogP contribution < -0.4 is 20.1 Å². The molecule has 2 aromatic carbocycles. The number of carbonyl (C=O) groups is 1. The Hall–Kier alpha value is -3.09. The Bertz CT molecular complexity index is 1220. The number of ether oxygens (including phenoxy) is 2. The molecular formula is C26H24F8N2O3. The first-order valence-electron chi connectivity index (χ1n) is 12.3. The van der Waals surface area contributed by atoms with Crippen molar-refractivity contribution in [3.05, 3.63) is 58.7 Å². The normalized spacial score (nSPS) is 23.1. The van der Waals surface area contributed by atoms with E-state index in [2.05, 4.69) is 20.1 Å². The fourth-order valence-electron chi connectivity index (χ4n) is 5.39. The molecule has 2 heterocycles. The Morgan fingerprint density at radius 2 is 1.62 bits per heavy atom. The van der Waals surface area contributed by atoms with Crippen molar-refractivity contribution in [3.63, 3.8) is 0 Å². The van der Waals surface area contributed by atoms with E-state index in [1.165, 1.54) is 12.1 Å². The number of carbonyl (C=O) groups excluding carboxylic acids is 1. The quantitative estimate of drug-likeness (QED) is 0.392. The standard InChI is InChI=1S/C26H24F8N2O3/c27-24(28,29)17-7-15(8-18(11-17)25(30,31)32)12-36-22(37)23(5-6-35-13-23)19(9-14-1-2-14)16-3-4-20-21(10-16)39-26(33,34)38-20/h3-4,7-8,10-11,14,19,35H,1-2,5-6,9,12-13H2,(H,36,37). The third kappa shape index (κ3) is 5.78. The summed E-state index contributed by atoms with van der Waals surface area (Å²) in [5, 5.41) is 5.68. The van der Waals surface area contributed by atoms with Gasteiger partial charge in [0.2, 0.25) is 5.91 Å². The summed E-state index contributed by atoms with van der Waals surface area (Å²) < 4.78 is 116. The van der Waals surface area contributed by atoms with Crippen LogP contribution in [0.25, 0.3) is 0 Å². The van der Waals surface area contributed by atoms with E-state index in [0.29, 0.717) is 43.0 Å². The molecule has 0 spiro atoms. The van der Waals surface area contributed by atoms with Gasteiger partial charge >= 0.3 is 18.6 Å². The van der Waals surface area contributed by atoms with Crippen LogP contribution in [0.3, 0.4) is 0 Å². The van der Waals surface area contributed by atoms with E-state index in [-0.39, 0.29) is 29.7 Å². The molecule has 0 radical (unpaired) electrons. The van der Waals surface area contributed by atoms with Gasteiger partial charge in [-0.05, 0) is 72.7 Å². The lowest BCUT2D eigenvalue weighted by Gasteiger charge is -2.36. The molecule has 1 amide bonds. The minimum atomic E-state index is -5.01. The van der Waals surface area contributed by atoms with Gasteiger partial charge in [-0.3, -0.25) is 4.79 Å². The second-order valence-electron chi connectivity index (χ2n) is 10.3. The Morgan fingerprint density at radius 1 is 0.974 bits per heavy atom. The summed E-state index contributed by atoms with van der Waals surface area (Å²) in [5.74, 6) is -1.06. The van der Waals surface area contributed by atoms with Gasteiger partial charge in [-0.2, -0.15) is 26.3 Å². The number of nitrogens with one attached hydrogen (secondary N) is 2. The molecule has 1 aliphatic carbocycles. The van der Waals surface area contributed by atoms with Crippen molar-refractivity contribution in [2.45, 2.75) is 56.8 Å². The molecule has 13 heteroatoms. The summed E-state index contributed by atoms with van der Waals surface area (Å²) in [7, 11) is 0. The molecule has 2 fully saturated rings. The first-order valence-corrected chi connectivity index (χ1v) is 12.3. The van der Waals surface area contributed by atoms with Crippen LogP contribution in [0, 0.1) is 11.3 Å². The van der Waals surface area contributed by atoms with Crippen molar-refractivity contribution in [3.8, 4) is 11.5 Å². The van der Waals surface area contributed by atoms with E-state index in [0.717, 1.165) is 12.8 Å². The zero-order valence-electron chi connectivity index (χ0n) is 20.3. The average Bonchev–Trinajstić information content (AvgIpc) is 3.42. The number of hydrogen-bond acceptors (Lipinski definition) is 4. The van der Waals surface area contributed by atoms with E-state index < -0.39 is 53.6 Å². The number of benzene rings is 2. The van der Waals surface area contributed by atoms with Crippen LogP contribution in [0.5, 0.6) is 11.5 Å². The molecule has 0 aromatic heterocycles. The molecule has 1 saturated carbocycles. The van der Waals surface area contributed by atoms with Crippen LogP contribution in [-0.4, -0.2) is 25.3 Å². The number of amides is 1. The van der Waals surface area contributed by atoms with Crippen LogP contribution >= 0.6 is 0 Å². The maximum Gasteiger partial charge on any atom is 0.586 e. The van der Waals surface area contributed by atoms with E-state index in [1.54, 1.807) is 6.07 Å². The highest BCUT2D eigenvalue weighted by Gasteiger charge is 2.51. The monoisotopic (exact) mass is 564 g/mol. The van der Waals surface area contributed by atoms with Gasteiger partial charge in [-0.25, -0.2) is 0 Å². The predicted octanol–water partition coefficient (Wildman–Crippen LogP) is 6.23. The van der Waals surface area contributed by atoms with Gasteiger partial charge in [0.15, 0.2) is 11.5 Å².